The molecule has 0 radical (unpaired) electrons. The average Bonchev–Trinajstić information content (AvgIpc) is 2.51. The Balaban J connectivity index is 1.84. The van der Waals surface area contributed by atoms with Crippen LogP contribution in [0.4, 0.5) is 11.8 Å². The molecule has 0 bridgehead atoms. The highest BCUT2D eigenvalue weighted by atomic mass is 16.1. The van der Waals surface area contributed by atoms with E-state index in [2.05, 4.69) is 25.9 Å². The van der Waals surface area contributed by atoms with Crippen molar-refractivity contribution in [3.8, 4) is 0 Å². The van der Waals surface area contributed by atoms with Crippen molar-refractivity contribution in [3.05, 3.63) is 47.2 Å². The van der Waals surface area contributed by atoms with Gasteiger partial charge in [0.05, 0.1) is 0 Å². The molecule has 122 valence electrons. The molecule has 2 aromatic rings. The van der Waals surface area contributed by atoms with E-state index in [9.17, 15) is 4.79 Å². The van der Waals surface area contributed by atoms with Crippen LogP contribution in [0.15, 0.2) is 30.3 Å². The number of aromatic nitrogens is 2. The molecule has 0 aliphatic heterocycles. The van der Waals surface area contributed by atoms with E-state index in [-0.39, 0.29) is 5.91 Å². The van der Waals surface area contributed by atoms with E-state index in [1.165, 1.54) is 0 Å². The van der Waals surface area contributed by atoms with E-state index >= 15 is 0 Å². The number of benzene rings is 1. The first-order valence-corrected chi connectivity index (χ1v) is 7.77. The summed E-state index contributed by atoms with van der Waals surface area (Å²) in [5.41, 5.74) is 2.57. The van der Waals surface area contributed by atoms with E-state index in [0.29, 0.717) is 24.6 Å². The van der Waals surface area contributed by atoms with Crippen molar-refractivity contribution in [2.45, 2.75) is 20.8 Å². The first-order valence-electron chi connectivity index (χ1n) is 7.77. The van der Waals surface area contributed by atoms with Crippen LogP contribution in [0.2, 0.25) is 0 Å². The van der Waals surface area contributed by atoms with Gasteiger partial charge in [-0.25, -0.2) is 4.98 Å². The van der Waals surface area contributed by atoms with Crippen LogP contribution in [0, 0.1) is 13.8 Å². The van der Waals surface area contributed by atoms with Crippen LogP contribution in [0.25, 0.3) is 0 Å². The van der Waals surface area contributed by atoms with Crippen molar-refractivity contribution in [1.82, 2.24) is 15.3 Å². The highest BCUT2D eigenvalue weighted by Gasteiger charge is 2.07. The lowest BCUT2D eigenvalue weighted by Gasteiger charge is -2.10. The predicted octanol–water partition coefficient (Wildman–Crippen LogP) is 2.37. The second-order valence-electron chi connectivity index (χ2n) is 5.25. The highest BCUT2D eigenvalue weighted by molar-refractivity contribution is 5.95. The Kier molecular flexibility index (Phi) is 5.91. The highest BCUT2D eigenvalue weighted by Crippen LogP contribution is 2.09. The minimum Gasteiger partial charge on any atom is -0.368 e. The summed E-state index contributed by atoms with van der Waals surface area (Å²) in [5, 5.41) is 9.20. The first kappa shape index (κ1) is 16.7. The summed E-state index contributed by atoms with van der Waals surface area (Å²) in [6, 6.07) is 9.43. The van der Waals surface area contributed by atoms with Crippen molar-refractivity contribution in [2.24, 2.45) is 0 Å². The number of anilines is 2. The van der Waals surface area contributed by atoms with Crippen LogP contribution in [-0.4, -0.2) is 35.5 Å². The smallest absolute Gasteiger partial charge is 0.251 e. The second kappa shape index (κ2) is 8.12. The number of carbonyl (C=O) groups is 1. The number of aryl methyl sites for hydroxylation is 2. The van der Waals surface area contributed by atoms with Crippen molar-refractivity contribution < 1.29 is 4.79 Å². The largest absolute Gasteiger partial charge is 0.368 e. The van der Waals surface area contributed by atoms with Gasteiger partial charge in [-0.2, -0.15) is 4.98 Å². The van der Waals surface area contributed by atoms with Crippen LogP contribution >= 0.6 is 0 Å². The summed E-state index contributed by atoms with van der Waals surface area (Å²) in [6.45, 7) is 7.74. The van der Waals surface area contributed by atoms with Gasteiger partial charge in [0.15, 0.2) is 0 Å². The lowest BCUT2D eigenvalue weighted by Crippen LogP contribution is -2.29. The molecular formula is C17H23N5O. The molecule has 1 aromatic heterocycles. The number of rotatable bonds is 7. The zero-order valence-corrected chi connectivity index (χ0v) is 13.8. The van der Waals surface area contributed by atoms with Crippen molar-refractivity contribution in [1.29, 1.82) is 0 Å². The van der Waals surface area contributed by atoms with Gasteiger partial charge >= 0.3 is 0 Å². The summed E-state index contributed by atoms with van der Waals surface area (Å²) >= 11 is 0. The molecule has 6 nitrogen and oxygen atoms in total. The quantitative estimate of drug-likeness (QED) is 0.684. The van der Waals surface area contributed by atoms with E-state index in [0.717, 1.165) is 23.6 Å². The minimum absolute atomic E-state index is 0.0582. The van der Waals surface area contributed by atoms with Crippen LogP contribution in [0.5, 0.6) is 0 Å². The molecule has 1 heterocycles. The zero-order chi connectivity index (χ0) is 16.7. The molecule has 3 N–H and O–H groups in total. The van der Waals surface area contributed by atoms with Gasteiger partial charge in [0.25, 0.3) is 5.91 Å². The molecule has 0 saturated heterocycles. The van der Waals surface area contributed by atoms with E-state index in [1.807, 2.05) is 51.1 Å². The molecule has 0 spiro atoms. The maximum Gasteiger partial charge on any atom is 0.251 e. The molecule has 0 unspecified atom stereocenters. The Morgan fingerprint density at radius 3 is 2.61 bits per heavy atom. The summed E-state index contributed by atoms with van der Waals surface area (Å²) in [5.74, 6) is 1.30. The van der Waals surface area contributed by atoms with Crippen molar-refractivity contribution >= 4 is 17.7 Å². The molecule has 1 aromatic carbocycles. The molecule has 6 heteroatoms. The fourth-order valence-corrected chi connectivity index (χ4v) is 2.19. The Morgan fingerprint density at radius 1 is 1.09 bits per heavy atom. The van der Waals surface area contributed by atoms with Crippen LogP contribution < -0.4 is 16.0 Å². The van der Waals surface area contributed by atoms with Gasteiger partial charge in [-0.3, -0.25) is 4.79 Å². The zero-order valence-electron chi connectivity index (χ0n) is 13.8. The third-order valence-corrected chi connectivity index (χ3v) is 3.30. The predicted molar refractivity (Wildman–Crippen MR) is 92.9 cm³/mol. The molecule has 0 aliphatic carbocycles. The molecule has 0 fully saturated rings. The minimum atomic E-state index is -0.0582. The molecule has 0 aliphatic rings. The summed E-state index contributed by atoms with van der Waals surface area (Å²) in [6.07, 6.45) is 0. The van der Waals surface area contributed by atoms with E-state index < -0.39 is 0 Å². The van der Waals surface area contributed by atoms with Crippen LogP contribution in [0.3, 0.4) is 0 Å². The fourth-order valence-electron chi connectivity index (χ4n) is 2.19. The monoisotopic (exact) mass is 313 g/mol. The lowest BCUT2D eigenvalue weighted by molar-refractivity contribution is 0.0954. The van der Waals surface area contributed by atoms with Crippen LogP contribution in [-0.2, 0) is 0 Å². The Bertz CT molecular complexity index is 672. The van der Waals surface area contributed by atoms with E-state index in [4.69, 9.17) is 0 Å². The van der Waals surface area contributed by atoms with Gasteiger partial charge in [-0.1, -0.05) is 18.2 Å². The average molecular weight is 313 g/mol. The Hall–Kier alpha value is -2.63. The fraction of sp³-hybridized carbons (Fsp3) is 0.353. The van der Waals surface area contributed by atoms with E-state index in [1.54, 1.807) is 0 Å². The molecular weight excluding hydrogens is 290 g/mol. The summed E-state index contributed by atoms with van der Waals surface area (Å²) in [4.78, 5) is 20.8. The van der Waals surface area contributed by atoms with Gasteiger partial charge in [-0.15, -0.1) is 0 Å². The van der Waals surface area contributed by atoms with Crippen molar-refractivity contribution in [3.63, 3.8) is 0 Å². The number of carbonyl (C=O) groups excluding carboxylic acids is 1. The lowest BCUT2D eigenvalue weighted by atomic mass is 10.1. The second-order valence-corrected chi connectivity index (χ2v) is 5.25. The maximum absolute atomic E-state index is 12.1. The third-order valence-electron chi connectivity index (χ3n) is 3.30. The number of hydrogen-bond donors (Lipinski definition) is 3. The van der Waals surface area contributed by atoms with Gasteiger partial charge in [0, 0.05) is 37.0 Å². The van der Waals surface area contributed by atoms with Gasteiger partial charge in [0.2, 0.25) is 5.95 Å². The molecule has 1 amide bonds. The summed E-state index contributed by atoms with van der Waals surface area (Å²) < 4.78 is 0. The molecule has 23 heavy (non-hydrogen) atoms. The normalized spacial score (nSPS) is 10.2. The first-order chi connectivity index (χ1) is 11.1. The number of amides is 1. The maximum atomic E-state index is 12.1. The van der Waals surface area contributed by atoms with Gasteiger partial charge < -0.3 is 16.0 Å². The third kappa shape index (κ3) is 4.95. The van der Waals surface area contributed by atoms with Crippen molar-refractivity contribution in [2.75, 3.05) is 30.3 Å². The number of hydrogen-bond acceptors (Lipinski definition) is 5. The van der Waals surface area contributed by atoms with Gasteiger partial charge in [0.1, 0.15) is 5.82 Å². The topological polar surface area (TPSA) is 78.9 Å². The summed E-state index contributed by atoms with van der Waals surface area (Å²) in [7, 11) is 0. The van der Waals surface area contributed by atoms with Gasteiger partial charge in [-0.05, 0) is 32.4 Å². The Labute approximate surface area is 136 Å². The van der Waals surface area contributed by atoms with Crippen LogP contribution in [0.1, 0.15) is 28.5 Å². The molecule has 0 atom stereocenters. The number of nitrogens with one attached hydrogen (secondary N) is 3. The SMILES string of the molecule is CCNc1nc(C)cc(NCCNC(=O)c2ccccc2C)n1. The standard InChI is InChI=1S/C17H23N5O/c1-4-18-17-21-13(3)11-15(22-17)19-9-10-20-16(23)14-8-6-5-7-12(14)2/h5-8,11H,4,9-10H2,1-3H3,(H,20,23)(H2,18,19,21,22). The molecule has 2 rings (SSSR count). The Morgan fingerprint density at radius 2 is 1.87 bits per heavy atom. The molecule has 0 saturated carbocycles. The number of nitrogens with zero attached hydrogens (tertiary/aromatic N) is 2.